The third-order valence-electron chi connectivity index (χ3n) is 5.40. The Balaban J connectivity index is 1.98. The molecule has 6 heteroatoms. The maximum Gasteiger partial charge on any atom is 0.266 e. The zero-order valence-corrected chi connectivity index (χ0v) is 15.7. The number of hydrogen-bond acceptors (Lipinski definition) is 4. The Bertz CT molecular complexity index is 758. The molecule has 1 saturated carbocycles. The first-order valence-corrected chi connectivity index (χ1v) is 8.75. The standard InChI is InChI=1S/C19H27N3O3/c1-6-25-16-9-15(19(16,4)5)22-17(23)8-7-13-11(2)14(10-20)18(24)21-12(13)3/h15-16H,6-9H2,1-5H3,(H,21,24)(H,22,23)/t15-,16+/m1/s1. The molecule has 1 fully saturated rings. The highest BCUT2D eigenvalue weighted by atomic mass is 16.5. The van der Waals surface area contributed by atoms with Gasteiger partial charge in [0.1, 0.15) is 11.6 Å². The van der Waals surface area contributed by atoms with Crippen LogP contribution in [0.4, 0.5) is 0 Å². The van der Waals surface area contributed by atoms with Crippen molar-refractivity contribution in [1.29, 1.82) is 5.26 Å². The summed E-state index contributed by atoms with van der Waals surface area (Å²) in [6, 6.07) is 2.05. The molecule has 0 spiro atoms. The molecular weight excluding hydrogens is 318 g/mol. The van der Waals surface area contributed by atoms with Crippen molar-refractivity contribution in [2.45, 2.75) is 66.0 Å². The Morgan fingerprint density at radius 3 is 2.68 bits per heavy atom. The Hall–Kier alpha value is -2.13. The van der Waals surface area contributed by atoms with E-state index in [0.717, 1.165) is 17.7 Å². The molecule has 0 aliphatic heterocycles. The summed E-state index contributed by atoms with van der Waals surface area (Å²) < 4.78 is 5.69. The number of pyridine rings is 1. The topological polar surface area (TPSA) is 95.0 Å². The van der Waals surface area contributed by atoms with Gasteiger partial charge in [0, 0.05) is 30.2 Å². The summed E-state index contributed by atoms with van der Waals surface area (Å²) in [4.78, 5) is 26.8. The third-order valence-corrected chi connectivity index (χ3v) is 5.40. The van der Waals surface area contributed by atoms with E-state index in [1.54, 1.807) is 13.8 Å². The van der Waals surface area contributed by atoms with E-state index >= 15 is 0 Å². The lowest BCUT2D eigenvalue weighted by Crippen LogP contribution is -2.62. The first-order chi connectivity index (χ1) is 11.7. The Kier molecular flexibility index (Phi) is 5.69. The summed E-state index contributed by atoms with van der Waals surface area (Å²) in [5.74, 6) is -0.0171. The van der Waals surface area contributed by atoms with E-state index < -0.39 is 0 Å². The minimum absolute atomic E-state index is 0.0171. The summed E-state index contributed by atoms with van der Waals surface area (Å²) in [7, 11) is 0. The van der Waals surface area contributed by atoms with Gasteiger partial charge in [-0.25, -0.2) is 0 Å². The fourth-order valence-corrected chi connectivity index (χ4v) is 3.54. The zero-order chi connectivity index (χ0) is 18.8. The Labute approximate surface area is 148 Å². The van der Waals surface area contributed by atoms with Gasteiger partial charge in [-0.3, -0.25) is 9.59 Å². The van der Waals surface area contributed by atoms with E-state index in [0.29, 0.717) is 25.0 Å². The molecule has 1 aliphatic rings. The molecule has 0 radical (unpaired) electrons. The van der Waals surface area contributed by atoms with Gasteiger partial charge in [0.05, 0.1) is 6.10 Å². The fraction of sp³-hybridized carbons (Fsp3) is 0.632. The highest BCUT2D eigenvalue weighted by Gasteiger charge is 2.49. The van der Waals surface area contributed by atoms with Gasteiger partial charge in [-0.15, -0.1) is 0 Å². The van der Waals surface area contributed by atoms with Crippen LogP contribution in [0.1, 0.15) is 56.0 Å². The minimum Gasteiger partial charge on any atom is -0.378 e. The predicted octanol–water partition coefficient (Wildman–Crippen LogP) is 2.12. The maximum atomic E-state index is 12.3. The molecule has 1 aromatic rings. The average Bonchev–Trinajstić information content (AvgIpc) is 2.53. The quantitative estimate of drug-likeness (QED) is 0.825. The van der Waals surface area contributed by atoms with E-state index in [4.69, 9.17) is 10.00 Å². The second kappa shape index (κ2) is 7.40. The van der Waals surface area contributed by atoms with Gasteiger partial charge in [0.15, 0.2) is 0 Å². The molecule has 1 amide bonds. The second-order valence-electron chi connectivity index (χ2n) is 7.29. The molecule has 1 heterocycles. The smallest absolute Gasteiger partial charge is 0.266 e. The van der Waals surface area contributed by atoms with Crippen molar-refractivity contribution in [2.75, 3.05) is 6.61 Å². The van der Waals surface area contributed by atoms with Gasteiger partial charge in [0.2, 0.25) is 5.91 Å². The maximum absolute atomic E-state index is 12.3. The van der Waals surface area contributed by atoms with Crippen LogP contribution in [0.2, 0.25) is 0 Å². The number of carbonyl (C=O) groups excluding carboxylic acids is 1. The number of aromatic nitrogens is 1. The van der Waals surface area contributed by atoms with E-state index in [2.05, 4.69) is 24.1 Å². The summed E-state index contributed by atoms with van der Waals surface area (Å²) in [5, 5.41) is 12.2. The SMILES string of the molecule is CCO[C@H]1C[C@@H](NC(=O)CCc2c(C)[nH]c(=O)c(C#N)c2C)C1(C)C. The molecule has 0 unspecified atom stereocenters. The Morgan fingerprint density at radius 1 is 1.44 bits per heavy atom. The van der Waals surface area contributed by atoms with Crippen LogP contribution in [0, 0.1) is 30.6 Å². The zero-order valence-electron chi connectivity index (χ0n) is 15.7. The lowest BCUT2D eigenvalue weighted by atomic mass is 9.64. The van der Waals surface area contributed by atoms with Crippen molar-refractivity contribution in [2.24, 2.45) is 5.41 Å². The molecule has 0 bridgehead atoms. The number of nitriles is 1. The van der Waals surface area contributed by atoms with Crippen LogP contribution in [0.5, 0.6) is 0 Å². The molecule has 0 saturated heterocycles. The van der Waals surface area contributed by atoms with E-state index in [9.17, 15) is 9.59 Å². The predicted molar refractivity (Wildman–Crippen MR) is 95.3 cm³/mol. The number of aryl methyl sites for hydroxylation is 1. The first-order valence-electron chi connectivity index (χ1n) is 8.75. The van der Waals surface area contributed by atoms with Crippen molar-refractivity contribution in [3.63, 3.8) is 0 Å². The third kappa shape index (κ3) is 3.77. The molecule has 2 N–H and O–H groups in total. The molecular formula is C19H27N3O3. The molecule has 25 heavy (non-hydrogen) atoms. The summed E-state index contributed by atoms with van der Waals surface area (Å²) >= 11 is 0. The van der Waals surface area contributed by atoms with Gasteiger partial charge in [-0.1, -0.05) is 13.8 Å². The lowest BCUT2D eigenvalue weighted by molar-refractivity contribution is -0.136. The number of carbonyl (C=O) groups is 1. The van der Waals surface area contributed by atoms with E-state index in [1.165, 1.54) is 0 Å². The molecule has 2 atom stereocenters. The van der Waals surface area contributed by atoms with Crippen molar-refractivity contribution >= 4 is 5.91 Å². The Morgan fingerprint density at radius 2 is 2.12 bits per heavy atom. The normalized spacial score (nSPS) is 21.3. The number of amides is 1. The number of hydrogen-bond donors (Lipinski definition) is 2. The minimum atomic E-state index is -0.371. The highest BCUT2D eigenvalue weighted by Crippen LogP contribution is 2.42. The van der Waals surface area contributed by atoms with Crippen molar-refractivity contribution in [3.05, 3.63) is 32.7 Å². The highest BCUT2D eigenvalue weighted by molar-refractivity contribution is 5.77. The van der Waals surface area contributed by atoms with Crippen molar-refractivity contribution in [1.82, 2.24) is 10.3 Å². The molecule has 1 aromatic heterocycles. The van der Waals surface area contributed by atoms with Crippen LogP contribution in [-0.2, 0) is 16.0 Å². The molecule has 1 aliphatic carbocycles. The van der Waals surface area contributed by atoms with Gasteiger partial charge >= 0.3 is 0 Å². The van der Waals surface area contributed by atoms with Crippen LogP contribution >= 0.6 is 0 Å². The summed E-state index contributed by atoms with van der Waals surface area (Å²) in [6.45, 7) is 10.4. The van der Waals surface area contributed by atoms with Gasteiger partial charge in [-0.05, 0) is 44.7 Å². The van der Waals surface area contributed by atoms with Crippen LogP contribution < -0.4 is 10.9 Å². The molecule has 136 valence electrons. The molecule has 0 aromatic carbocycles. The van der Waals surface area contributed by atoms with Crippen LogP contribution in [0.3, 0.4) is 0 Å². The largest absolute Gasteiger partial charge is 0.378 e. The molecule has 2 rings (SSSR count). The monoisotopic (exact) mass is 345 g/mol. The number of nitrogens with one attached hydrogen (secondary N) is 2. The van der Waals surface area contributed by atoms with Crippen LogP contribution in [-0.4, -0.2) is 29.6 Å². The summed E-state index contributed by atoms with van der Waals surface area (Å²) in [6.07, 6.45) is 1.84. The van der Waals surface area contributed by atoms with Crippen molar-refractivity contribution < 1.29 is 9.53 Å². The molecule has 6 nitrogen and oxygen atoms in total. The number of ether oxygens (including phenoxy) is 1. The first kappa shape index (κ1) is 19.2. The number of nitrogens with zero attached hydrogens (tertiary/aromatic N) is 1. The van der Waals surface area contributed by atoms with Crippen LogP contribution in [0.25, 0.3) is 0 Å². The number of aromatic amines is 1. The number of H-pyrrole nitrogens is 1. The second-order valence-corrected chi connectivity index (χ2v) is 7.29. The van der Waals surface area contributed by atoms with E-state index in [1.807, 2.05) is 13.0 Å². The lowest BCUT2D eigenvalue weighted by Gasteiger charge is -2.51. The number of rotatable bonds is 6. The van der Waals surface area contributed by atoms with Gasteiger partial charge in [-0.2, -0.15) is 5.26 Å². The fourth-order valence-electron chi connectivity index (χ4n) is 3.54. The van der Waals surface area contributed by atoms with Crippen molar-refractivity contribution in [3.8, 4) is 6.07 Å². The summed E-state index contributed by atoms with van der Waals surface area (Å²) in [5.41, 5.74) is 1.94. The van der Waals surface area contributed by atoms with Gasteiger partial charge in [0.25, 0.3) is 5.56 Å². The van der Waals surface area contributed by atoms with Crippen LogP contribution in [0.15, 0.2) is 4.79 Å². The van der Waals surface area contributed by atoms with E-state index in [-0.39, 0.29) is 34.6 Å². The van der Waals surface area contributed by atoms with Gasteiger partial charge < -0.3 is 15.0 Å². The average molecular weight is 345 g/mol.